The minimum Gasteiger partial charge on any atom is -0.457 e. The Morgan fingerprint density at radius 2 is 1.34 bits per heavy atom. The van der Waals surface area contributed by atoms with E-state index in [4.69, 9.17) is 4.74 Å². The van der Waals surface area contributed by atoms with E-state index in [-0.39, 0.29) is 11.4 Å². The largest absolute Gasteiger partial charge is 0.457 e. The summed E-state index contributed by atoms with van der Waals surface area (Å²) in [7, 11) is 0. The number of nitrogens with zero attached hydrogens (tertiary/aromatic N) is 2. The summed E-state index contributed by atoms with van der Waals surface area (Å²) in [5.41, 5.74) is 0.786. The van der Waals surface area contributed by atoms with E-state index in [1.807, 2.05) is 13.8 Å². The molecule has 0 aromatic heterocycles. The molecule has 0 bridgehead atoms. The Kier molecular flexibility index (Phi) is 8.79. The molecular formula is C24H22N2O6. The van der Waals surface area contributed by atoms with Crippen molar-refractivity contribution in [2.24, 2.45) is 5.16 Å². The monoisotopic (exact) mass is 434 g/mol. The number of carbonyl (C=O) groups excluding carboxylic acids is 2. The summed E-state index contributed by atoms with van der Waals surface area (Å²) in [6.45, 7) is 5.20. The molecule has 0 aliphatic heterocycles. The number of nitro benzene ring substituents is 1. The number of hydrogen-bond donors (Lipinski definition) is 0. The first-order valence-corrected chi connectivity index (χ1v) is 9.82. The number of hydrogen-bond acceptors (Lipinski definition) is 7. The fourth-order valence-corrected chi connectivity index (χ4v) is 2.51. The molecule has 3 aromatic rings. The number of rotatable bonds is 7. The molecule has 0 aliphatic carbocycles. The molecule has 0 spiro atoms. The lowest BCUT2D eigenvalue weighted by Crippen LogP contribution is -2.17. The zero-order valence-electron chi connectivity index (χ0n) is 17.8. The Labute approximate surface area is 185 Å². The van der Waals surface area contributed by atoms with E-state index < -0.39 is 16.7 Å². The summed E-state index contributed by atoms with van der Waals surface area (Å²) in [5.74, 6) is -0.202. The zero-order chi connectivity index (χ0) is 23.5. The summed E-state index contributed by atoms with van der Waals surface area (Å²) in [4.78, 5) is 38.9. The second-order valence-electron chi connectivity index (χ2n) is 6.10. The van der Waals surface area contributed by atoms with Crippen molar-refractivity contribution < 1.29 is 24.1 Å². The number of oxime groups is 1. The van der Waals surface area contributed by atoms with Crippen LogP contribution < -0.4 is 4.74 Å². The van der Waals surface area contributed by atoms with E-state index in [1.54, 1.807) is 54.6 Å². The van der Waals surface area contributed by atoms with E-state index in [9.17, 15) is 19.7 Å². The summed E-state index contributed by atoms with van der Waals surface area (Å²) in [6, 6.07) is 20.6. The number of carbonyl (C=O) groups is 2. The van der Waals surface area contributed by atoms with Gasteiger partial charge in [0.2, 0.25) is 5.78 Å². The van der Waals surface area contributed by atoms with Crippen molar-refractivity contribution in [3.05, 3.63) is 100 Å². The zero-order valence-corrected chi connectivity index (χ0v) is 17.8. The maximum atomic E-state index is 12.9. The van der Waals surface area contributed by atoms with Crippen molar-refractivity contribution in [2.45, 2.75) is 20.8 Å². The number of Topliss-reactive ketones (excluding diaryl/α,β-unsaturated/α-hetero) is 1. The maximum Gasteiger partial charge on any atom is 0.332 e. The van der Waals surface area contributed by atoms with Crippen LogP contribution in [0.25, 0.3) is 0 Å². The summed E-state index contributed by atoms with van der Waals surface area (Å²) in [6.07, 6.45) is 0. The van der Waals surface area contributed by atoms with Gasteiger partial charge in [0.25, 0.3) is 5.69 Å². The highest BCUT2D eigenvalue weighted by atomic mass is 16.7. The van der Waals surface area contributed by atoms with Crippen LogP contribution in [0, 0.1) is 10.1 Å². The van der Waals surface area contributed by atoms with Gasteiger partial charge in [-0.2, -0.15) is 0 Å². The molecule has 3 aromatic carbocycles. The summed E-state index contributed by atoms with van der Waals surface area (Å²) in [5, 5.41) is 14.4. The smallest absolute Gasteiger partial charge is 0.332 e. The molecule has 0 unspecified atom stereocenters. The van der Waals surface area contributed by atoms with Gasteiger partial charge < -0.3 is 9.57 Å². The van der Waals surface area contributed by atoms with Crippen LogP contribution in [0.15, 0.2) is 84.0 Å². The fourth-order valence-electron chi connectivity index (χ4n) is 2.51. The normalized spacial score (nSPS) is 10.4. The third kappa shape index (κ3) is 6.60. The molecule has 0 aliphatic rings. The van der Waals surface area contributed by atoms with Crippen LogP contribution in [0.2, 0.25) is 0 Å². The second kappa shape index (κ2) is 11.8. The lowest BCUT2D eigenvalue weighted by atomic mass is 10.0. The van der Waals surface area contributed by atoms with Crippen LogP contribution in [0.1, 0.15) is 36.7 Å². The lowest BCUT2D eigenvalue weighted by Gasteiger charge is -2.08. The molecule has 8 nitrogen and oxygen atoms in total. The lowest BCUT2D eigenvalue weighted by molar-refractivity contribution is -0.384. The summed E-state index contributed by atoms with van der Waals surface area (Å²) < 4.78 is 5.64. The first-order valence-electron chi connectivity index (χ1n) is 9.82. The Bertz CT molecular complexity index is 1090. The number of nitro groups is 1. The molecule has 0 radical (unpaired) electrons. The molecule has 0 heterocycles. The average Bonchev–Trinajstić information content (AvgIpc) is 2.82. The van der Waals surface area contributed by atoms with E-state index >= 15 is 0 Å². The van der Waals surface area contributed by atoms with Crippen molar-refractivity contribution in [2.75, 3.05) is 0 Å². The summed E-state index contributed by atoms with van der Waals surface area (Å²) >= 11 is 0. The van der Waals surface area contributed by atoms with Gasteiger partial charge in [0.1, 0.15) is 11.5 Å². The molecule has 0 saturated carbocycles. The molecule has 0 atom stereocenters. The van der Waals surface area contributed by atoms with Gasteiger partial charge in [0, 0.05) is 30.2 Å². The van der Waals surface area contributed by atoms with E-state index in [2.05, 4.69) is 9.99 Å². The van der Waals surface area contributed by atoms with Gasteiger partial charge in [-0.05, 0) is 36.4 Å². The molecule has 164 valence electrons. The van der Waals surface area contributed by atoms with Crippen LogP contribution in [-0.4, -0.2) is 22.4 Å². The Morgan fingerprint density at radius 1 is 0.812 bits per heavy atom. The van der Waals surface area contributed by atoms with E-state index in [0.29, 0.717) is 22.6 Å². The average molecular weight is 434 g/mol. The van der Waals surface area contributed by atoms with Gasteiger partial charge in [-0.1, -0.05) is 49.3 Å². The number of ether oxygens (including phenoxy) is 1. The molecular weight excluding hydrogens is 412 g/mol. The van der Waals surface area contributed by atoms with Gasteiger partial charge in [0.15, 0.2) is 5.71 Å². The first-order chi connectivity index (χ1) is 15.4. The Morgan fingerprint density at radius 3 is 1.84 bits per heavy atom. The van der Waals surface area contributed by atoms with Crippen molar-refractivity contribution in [3.8, 4) is 11.5 Å². The molecule has 0 amide bonds. The van der Waals surface area contributed by atoms with E-state index in [0.717, 1.165) is 0 Å². The predicted octanol–water partition coefficient (Wildman–Crippen LogP) is 5.56. The van der Waals surface area contributed by atoms with Crippen LogP contribution in [0.4, 0.5) is 5.69 Å². The van der Waals surface area contributed by atoms with Crippen molar-refractivity contribution in [1.29, 1.82) is 0 Å². The third-order valence-electron chi connectivity index (χ3n) is 3.93. The van der Waals surface area contributed by atoms with Crippen LogP contribution in [0.3, 0.4) is 0 Å². The Balaban J connectivity index is 0.00000176. The molecule has 32 heavy (non-hydrogen) atoms. The SMILES string of the molecule is CC.CC(=O)O/N=C(/C(=O)c1ccc(Oc2ccc([N+](=O)[O-])cc2)cc1)c1ccccc1. The number of benzene rings is 3. The number of non-ortho nitro benzene ring substituents is 1. The highest BCUT2D eigenvalue weighted by Crippen LogP contribution is 2.24. The van der Waals surface area contributed by atoms with E-state index in [1.165, 1.54) is 31.2 Å². The third-order valence-corrected chi connectivity index (χ3v) is 3.93. The van der Waals surface area contributed by atoms with Gasteiger partial charge in [-0.3, -0.25) is 14.9 Å². The van der Waals surface area contributed by atoms with Crippen molar-refractivity contribution in [3.63, 3.8) is 0 Å². The standard InChI is InChI=1S/C22H16N2O6.C2H6/c1-15(25)30-23-21(16-5-3-2-4-6-16)22(26)17-7-11-19(12-8-17)29-20-13-9-18(10-14-20)24(27)28;1-2/h2-14H,1H3;1-2H3/b23-21+;. The molecule has 0 fully saturated rings. The van der Waals surface area contributed by atoms with Gasteiger partial charge >= 0.3 is 5.97 Å². The Hall–Kier alpha value is -4.33. The van der Waals surface area contributed by atoms with Crippen LogP contribution >= 0.6 is 0 Å². The number of ketones is 1. The van der Waals surface area contributed by atoms with Crippen molar-refractivity contribution in [1.82, 2.24) is 0 Å². The van der Waals surface area contributed by atoms with Gasteiger partial charge in [0.05, 0.1) is 4.92 Å². The van der Waals surface area contributed by atoms with Crippen LogP contribution in [0.5, 0.6) is 11.5 Å². The predicted molar refractivity (Wildman–Crippen MR) is 120 cm³/mol. The molecule has 3 rings (SSSR count). The highest BCUT2D eigenvalue weighted by Gasteiger charge is 2.18. The molecule has 8 heteroatoms. The molecule has 0 N–H and O–H groups in total. The van der Waals surface area contributed by atoms with Crippen LogP contribution in [-0.2, 0) is 9.63 Å². The quantitative estimate of drug-likeness (QED) is 0.158. The van der Waals surface area contributed by atoms with Gasteiger partial charge in [-0.15, -0.1) is 0 Å². The minimum atomic E-state index is -0.636. The topological polar surface area (TPSA) is 108 Å². The molecule has 0 saturated heterocycles. The first kappa shape index (κ1) is 23.9. The maximum absolute atomic E-state index is 12.9. The van der Waals surface area contributed by atoms with Gasteiger partial charge in [-0.25, -0.2) is 4.79 Å². The highest BCUT2D eigenvalue weighted by molar-refractivity contribution is 6.51. The van der Waals surface area contributed by atoms with Crippen molar-refractivity contribution >= 4 is 23.2 Å². The second-order valence-corrected chi connectivity index (χ2v) is 6.10. The minimum absolute atomic E-state index is 0.00478. The fraction of sp³-hybridized carbons (Fsp3) is 0.125.